The fourth-order valence-corrected chi connectivity index (χ4v) is 3.07. The number of aromatic nitrogens is 2. The van der Waals surface area contributed by atoms with Crippen LogP contribution in [0, 0.1) is 0 Å². The van der Waals surface area contributed by atoms with Gasteiger partial charge in [0, 0.05) is 6.42 Å². The molecule has 1 N–H and O–H groups in total. The van der Waals surface area contributed by atoms with E-state index in [2.05, 4.69) is 20.6 Å². The Balaban J connectivity index is 1.79. The summed E-state index contributed by atoms with van der Waals surface area (Å²) >= 11 is 1.33. The van der Waals surface area contributed by atoms with Gasteiger partial charge in [-0.25, -0.2) is 0 Å². The molecule has 8 heteroatoms. The molecule has 2 heterocycles. The molecule has 0 fully saturated rings. The van der Waals surface area contributed by atoms with Gasteiger partial charge in [-0.05, 0) is 25.5 Å². The van der Waals surface area contributed by atoms with E-state index < -0.39 is 6.04 Å². The number of hydrogen-bond acceptors (Lipinski definition) is 7. The number of carbonyl (C=O) groups excluding carboxylic acids is 2. The lowest BCUT2D eigenvalue weighted by molar-refractivity contribution is -0.118. The smallest absolute Gasteiger partial charge is 0.273 e. The molecule has 1 aliphatic rings. The van der Waals surface area contributed by atoms with Crippen molar-refractivity contribution in [1.82, 2.24) is 10.2 Å². The molecule has 0 unspecified atom stereocenters. The lowest BCUT2D eigenvalue weighted by Gasteiger charge is -2.20. The lowest BCUT2D eigenvalue weighted by Crippen LogP contribution is -2.33. The Bertz CT molecular complexity index is 787. The van der Waals surface area contributed by atoms with Crippen molar-refractivity contribution in [3.8, 4) is 0 Å². The van der Waals surface area contributed by atoms with E-state index in [9.17, 15) is 9.59 Å². The van der Waals surface area contributed by atoms with Gasteiger partial charge in [0.05, 0.1) is 5.69 Å². The summed E-state index contributed by atoms with van der Waals surface area (Å²) in [7, 11) is 0. The van der Waals surface area contributed by atoms with Crippen LogP contribution < -0.4 is 10.3 Å². The molecule has 24 heavy (non-hydrogen) atoms. The molecule has 2 aromatic rings. The van der Waals surface area contributed by atoms with Crippen molar-refractivity contribution >= 4 is 39.6 Å². The minimum Gasteiger partial charge on any atom is -0.298 e. The van der Waals surface area contributed by atoms with E-state index in [1.54, 1.807) is 5.01 Å². The van der Waals surface area contributed by atoms with Crippen LogP contribution in [-0.4, -0.2) is 33.6 Å². The molecule has 1 aromatic heterocycles. The first kappa shape index (κ1) is 16.3. The van der Waals surface area contributed by atoms with Crippen molar-refractivity contribution in [2.24, 2.45) is 5.10 Å². The Hall–Kier alpha value is -2.61. The van der Waals surface area contributed by atoms with Gasteiger partial charge in [0.1, 0.15) is 16.8 Å². The lowest BCUT2D eigenvalue weighted by atomic mass is 10.1. The average Bonchev–Trinajstić information content (AvgIpc) is 3.22. The molecule has 0 saturated carbocycles. The fraction of sp³-hybridized carbons (Fsp3) is 0.312. The second-order valence-electron chi connectivity index (χ2n) is 5.37. The maximum absolute atomic E-state index is 12.4. The van der Waals surface area contributed by atoms with Gasteiger partial charge in [0.25, 0.3) is 5.91 Å². The Kier molecular flexibility index (Phi) is 4.66. The normalized spacial score (nSPS) is 16.8. The fourth-order valence-electron chi connectivity index (χ4n) is 2.40. The van der Waals surface area contributed by atoms with Crippen molar-refractivity contribution in [2.75, 3.05) is 10.3 Å². The van der Waals surface area contributed by atoms with Crippen molar-refractivity contribution in [1.29, 1.82) is 0 Å². The summed E-state index contributed by atoms with van der Waals surface area (Å²) in [5.41, 5.74) is 1.09. The second kappa shape index (κ2) is 6.88. The zero-order valence-corrected chi connectivity index (χ0v) is 14.2. The number of aryl methyl sites for hydroxylation is 1. The number of carbonyl (C=O) groups is 2. The summed E-state index contributed by atoms with van der Waals surface area (Å²) in [6.45, 7) is 3.48. The molecular weight excluding hydrogens is 326 g/mol. The van der Waals surface area contributed by atoms with Gasteiger partial charge >= 0.3 is 0 Å². The van der Waals surface area contributed by atoms with Crippen LogP contribution in [0.4, 0.5) is 10.8 Å². The first-order chi connectivity index (χ1) is 11.6. The third kappa shape index (κ3) is 3.33. The number of benzene rings is 1. The number of hydrogen-bond donors (Lipinski definition) is 1. The second-order valence-corrected chi connectivity index (χ2v) is 6.43. The molecule has 0 aliphatic carbocycles. The van der Waals surface area contributed by atoms with Crippen LogP contribution in [0.25, 0.3) is 0 Å². The average molecular weight is 343 g/mol. The molecule has 124 valence electrons. The highest BCUT2D eigenvalue weighted by molar-refractivity contribution is 7.15. The van der Waals surface area contributed by atoms with Crippen LogP contribution in [0.2, 0.25) is 0 Å². The third-order valence-corrected chi connectivity index (χ3v) is 4.64. The number of hydrazone groups is 1. The summed E-state index contributed by atoms with van der Waals surface area (Å²) in [6, 6.07) is 8.88. The topological polar surface area (TPSA) is 87.6 Å². The first-order valence-electron chi connectivity index (χ1n) is 7.64. The number of rotatable bonds is 5. The molecule has 7 nitrogen and oxygen atoms in total. The number of anilines is 2. The molecule has 0 spiro atoms. The van der Waals surface area contributed by atoms with Crippen LogP contribution in [0.15, 0.2) is 35.4 Å². The Labute approximate surface area is 143 Å². The van der Waals surface area contributed by atoms with Crippen LogP contribution in [0.5, 0.6) is 0 Å². The molecule has 3 rings (SSSR count). The van der Waals surface area contributed by atoms with Gasteiger partial charge in [-0.3, -0.25) is 19.9 Å². The predicted octanol–water partition coefficient (Wildman–Crippen LogP) is 2.26. The van der Waals surface area contributed by atoms with Crippen molar-refractivity contribution < 1.29 is 9.59 Å². The summed E-state index contributed by atoms with van der Waals surface area (Å²) in [6.07, 6.45) is 1.04. The molecule has 1 aliphatic heterocycles. The number of nitrogens with one attached hydrogen (secondary N) is 1. The molecule has 1 aromatic carbocycles. The van der Waals surface area contributed by atoms with E-state index in [-0.39, 0.29) is 18.1 Å². The van der Waals surface area contributed by atoms with E-state index in [4.69, 9.17) is 0 Å². The van der Waals surface area contributed by atoms with Crippen molar-refractivity contribution in [3.05, 3.63) is 35.3 Å². The molecule has 0 bridgehead atoms. The molecular formula is C16H17N5O2S. The third-order valence-electron chi connectivity index (χ3n) is 3.65. The number of para-hydroxylation sites is 1. The van der Waals surface area contributed by atoms with Gasteiger partial charge in [0.15, 0.2) is 5.78 Å². The van der Waals surface area contributed by atoms with Gasteiger partial charge in [-0.2, -0.15) is 5.10 Å². The Morgan fingerprint density at radius 2 is 2.04 bits per heavy atom. The standard InChI is InChI=1S/C16H17N5O2S/c1-3-14-18-19-16(24-14)17-15(23)12-9-13(10(2)22)21(20-12)11-7-5-4-6-8-11/h4-8,13H,3,9H2,1-2H3,(H,17,19,23)/t13-/m0/s1. The maximum atomic E-state index is 12.4. The predicted molar refractivity (Wildman–Crippen MR) is 93.4 cm³/mol. The number of Topliss-reactive ketones (excluding diaryl/α,β-unsaturated/α-hetero) is 1. The maximum Gasteiger partial charge on any atom is 0.273 e. The van der Waals surface area contributed by atoms with Gasteiger partial charge in [-0.15, -0.1) is 10.2 Å². The van der Waals surface area contributed by atoms with E-state index >= 15 is 0 Å². The summed E-state index contributed by atoms with van der Waals surface area (Å²) in [5, 5.41) is 17.9. The van der Waals surface area contributed by atoms with Crippen LogP contribution in [0.1, 0.15) is 25.3 Å². The quantitative estimate of drug-likeness (QED) is 0.900. The zero-order chi connectivity index (χ0) is 17.1. The van der Waals surface area contributed by atoms with Gasteiger partial charge in [0.2, 0.25) is 5.13 Å². The van der Waals surface area contributed by atoms with E-state index in [1.165, 1.54) is 18.3 Å². The summed E-state index contributed by atoms with van der Waals surface area (Å²) in [5.74, 6) is -0.381. The number of nitrogens with zero attached hydrogens (tertiary/aromatic N) is 4. The highest BCUT2D eigenvalue weighted by atomic mass is 32.1. The van der Waals surface area contributed by atoms with Crippen molar-refractivity contribution in [3.63, 3.8) is 0 Å². The monoisotopic (exact) mass is 343 g/mol. The largest absolute Gasteiger partial charge is 0.298 e. The summed E-state index contributed by atoms with van der Waals surface area (Å²) in [4.78, 5) is 24.3. The van der Waals surface area contributed by atoms with Crippen LogP contribution in [0.3, 0.4) is 0 Å². The van der Waals surface area contributed by atoms with E-state index in [0.717, 1.165) is 17.1 Å². The minimum absolute atomic E-state index is 0.0328. The molecule has 0 saturated heterocycles. The molecule has 1 amide bonds. The molecule has 0 radical (unpaired) electrons. The van der Waals surface area contributed by atoms with E-state index in [0.29, 0.717) is 10.8 Å². The van der Waals surface area contributed by atoms with Crippen LogP contribution in [-0.2, 0) is 16.0 Å². The van der Waals surface area contributed by atoms with Gasteiger partial charge < -0.3 is 0 Å². The number of ketones is 1. The van der Waals surface area contributed by atoms with Crippen molar-refractivity contribution in [2.45, 2.75) is 32.7 Å². The van der Waals surface area contributed by atoms with Gasteiger partial charge in [-0.1, -0.05) is 36.5 Å². The van der Waals surface area contributed by atoms with Crippen LogP contribution >= 0.6 is 11.3 Å². The Morgan fingerprint density at radius 1 is 1.29 bits per heavy atom. The highest BCUT2D eigenvalue weighted by Crippen LogP contribution is 2.25. The number of amides is 1. The molecule has 1 atom stereocenters. The zero-order valence-electron chi connectivity index (χ0n) is 13.4. The Morgan fingerprint density at radius 3 is 2.67 bits per heavy atom. The first-order valence-corrected chi connectivity index (χ1v) is 8.46. The highest BCUT2D eigenvalue weighted by Gasteiger charge is 2.34. The SMILES string of the molecule is CCc1nnc(NC(=O)C2=NN(c3ccccc3)[C@H](C(C)=O)C2)s1. The summed E-state index contributed by atoms with van der Waals surface area (Å²) < 4.78 is 0. The minimum atomic E-state index is -0.464. The van der Waals surface area contributed by atoms with E-state index in [1.807, 2.05) is 37.3 Å².